The fraction of sp³-hybridized carbons (Fsp3) is 0.125. The molecule has 0 saturated heterocycles. The van der Waals surface area contributed by atoms with Gasteiger partial charge in [0, 0.05) is 6.07 Å². The summed E-state index contributed by atoms with van der Waals surface area (Å²) >= 11 is 0. The predicted molar refractivity (Wildman–Crippen MR) is 44.7 cm³/mol. The lowest BCUT2D eigenvalue weighted by Crippen LogP contribution is -2.09. The minimum atomic E-state index is -1.88. The van der Waals surface area contributed by atoms with Crippen LogP contribution in [-0.4, -0.2) is 16.0 Å². The number of hydrogen-bond donors (Lipinski definition) is 1. The van der Waals surface area contributed by atoms with Gasteiger partial charge in [0.2, 0.25) is 0 Å². The Morgan fingerprint density at radius 1 is 1.47 bits per heavy atom. The lowest BCUT2D eigenvalue weighted by Gasteiger charge is -2.03. The van der Waals surface area contributed by atoms with Crippen LogP contribution in [0.2, 0.25) is 0 Å². The Morgan fingerprint density at radius 2 is 2.00 bits per heavy atom. The van der Waals surface area contributed by atoms with Gasteiger partial charge in [-0.25, -0.2) is 13.6 Å². The highest BCUT2D eigenvalue weighted by Crippen LogP contribution is 2.26. The summed E-state index contributed by atoms with van der Waals surface area (Å²) in [5, 5.41) is 18.9. The number of nitro groups is 1. The molecule has 0 amide bonds. The first-order valence-electron chi connectivity index (χ1n) is 3.72. The van der Waals surface area contributed by atoms with Crippen molar-refractivity contribution in [2.24, 2.45) is 0 Å². The van der Waals surface area contributed by atoms with E-state index in [0.717, 1.165) is 6.92 Å². The van der Waals surface area contributed by atoms with Gasteiger partial charge in [-0.05, 0) is 12.5 Å². The van der Waals surface area contributed by atoms with E-state index in [1.165, 1.54) is 0 Å². The average Bonchev–Trinajstić information content (AvgIpc) is 2.12. The maximum Gasteiger partial charge on any atom is 0.345 e. The molecule has 0 radical (unpaired) electrons. The van der Waals surface area contributed by atoms with Crippen molar-refractivity contribution in [3.63, 3.8) is 0 Å². The zero-order chi connectivity index (χ0) is 11.7. The van der Waals surface area contributed by atoms with Crippen molar-refractivity contribution in [1.29, 1.82) is 0 Å². The van der Waals surface area contributed by atoms with Crippen LogP contribution in [0.5, 0.6) is 0 Å². The summed E-state index contributed by atoms with van der Waals surface area (Å²) in [6.45, 7) is 1.11. The number of halogens is 2. The second-order valence-corrected chi connectivity index (χ2v) is 2.78. The quantitative estimate of drug-likeness (QED) is 0.605. The molecule has 0 aromatic heterocycles. The van der Waals surface area contributed by atoms with E-state index in [4.69, 9.17) is 5.11 Å². The lowest BCUT2D eigenvalue weighted by molar-refractivity contribution is -0.385. The molecule has 0 unspecified atom stereocenters. The molecule has 1 aromatic rings. The monoisotopic (exact) mass is 217 g/mol. The molecule has 80 valence electrons. The number of carbonyl (C=O) groups is 1. The smallest absolute Gasteiger partial charge is 0.345 e. The van der Waals surface area contributed by atoms with Gasteiger partial charge < -0.3 is 5.11 Å². The number of aromatic carboxylic acids is 1. The average molecular weight is 217 g/mol. The minimum absolute atomic E-state index is 0.316. The van der Waals surface area contributed by atoms with E-state index < -0.39 is 33.8 Å². The summed E-state index contributed by atoms with van der Waals surface area (Å²) in [4.78, 5) is 19.8. The first kappa shape index (κ1) is 11.0. The Kier molecular flexibility index (Phi) is 2.65. The van der Waals surface area contributed by atoms with Crippen LogP contribution < -0.4 is 0 Å². The van der Waals surface area contributed by atoms with E-state index in [1.807, 2.05) is 0 Å². The third kappa shape index (κ3) is 1.76. The highest BCUT2D eigenvalue weighted by molar-refractivity contribution is 5.92. The number of nitro benzene ring substituents is 1. The molecule has 1 rings (SSSR count). The number of carboxylic acid groups (broad SMARTS) is 1. The number of hydrogen-bond acceptors (Lipinski definition) is 3. The van der Waals surface area contributed by atoms with Crippen LogP contribution in [0.3, 0.4) is 0 Å². The molecule has 0 spiro atoms. The number of benzene rings is 1. The molecule has 0 heterocycles. The van der Waals surface area contributed by atoms with Crippen molar-refractivity contribution in [2.75, 3.05) is 0 Å². The van der Waals surface area contributed by atoms with Crippen LogP contribution in [0.25, 0.3) is 0 Å². The Hall–Kier alpha value is -2.05. The summed E-state index contributed by atoms with van der Waals surface area (Å²) in [6.07, 6.45) is 0. The molecule has 1 aromatic carbocycles. The van der Waals surface area contributed by atoms with E-state index in [-0.39, 0.29) is 5.56 Å². The van der Waals surface area contributed by atoms with Crippen molar-refractivity contribution < 1.29 is 23.6 Å². The van der Waals surface area contributed by atoms with Gasteiger partial charge in [-0.2, -0.15) is 0 Å². The Labute approximate surface area is 82.1 Å². The molecule has 0 saturated carbocycles. The lowest BCUT2D eigenvalue weighted by atomic mass is 10.1. The molecule has 5 nitrogen and oxygen atoms in total. The molecule has 7 heteroatoms. The number of carboxylic acids is 1. The molecular formula is C8H5F2NO4. The SMILES string of the molecule is Cc1cc([N+](=O)[O-])c(C(=O)O)c(F)c1F. The van der Waals surface area contributed by atoms with Crippen LogP contribution in [0.4, 0.5) is 14.5 Å². The second kappa shape index (κ2) is 3.60. The van der Waals surface area contributed by atoms with Gasteiger partial charge in [0.15, 0.2) is 17.2 Å². The molecule has 0 aliphatic carbocycles. The van der Waals surface area contributed by atoms with Crippen molar-refractivity contribution in [2.45, 2.75) is 6.92 Å². The maximum atomic E-state index is 13.1. The maximum absolute atomic E-state index is 13.1. The van der Waals surface area contributed by atoms with Crippen LogP contribution in [0.1, 0.15) is 15.9 Å². The van der Waals surface area contributed by atoms with Gasteiger partial charge in [-0.3, -0.25) is 10.1 Å². The molecule has 0 bridgehead atoms. The van der Waals surface area contributed by atoms with Crippen LogP contribution in [-0.2, 0) is 0 Å². The minimum Gasteiger partial charge on any atom is -0.477 e. The van der Waals surface area contributed by atoms with Gasteiger partial charge >= 0.3 is 5.97 Å². The van der Waals surface area contributed by atoms with Gasteiger partial charge in [0.1, 0.15) is 0 Å². The largest absolute Gasteiger partial charge is 0.477 e. The summed E-state index contributed by atoms with van der Waals surface area (Å²) in [5.41, 5.74) is -2.54. The molecule has 0 aliphatic rings. The van der Waals surface area contributed by atoms with Gasteiger partial charge in [0.25, 0.3) is 5.69 Å². The topological polar surface area (TPSA) is 80.4 Å². The third-order valence-electron chi connectivity index (χ3n) is 1.78. The standard InChI is InChI=1S/C8H5F2NO4/c1-3-2-4(11(14)15)5(8(12)13)7(10)6(3)9/h2H,1H3,(H,12,13). The van der Waals surface area contributed by atoms with Crippen molar-refractivity contribution in [3.8, 4) is 0 Å². The number of rotatable bonds is 2. The van der Waals surface area contributed by atoms with Crippen LogP contribution in [0, 0.1) is 28.7 Å². The summed E-state index contributed by atoms with van der Waals surface area (Å²) in [5.74, 6) is -4.98. The van der Waals surface area contributed by atoms with Crippen molar-refractivity contribution in [3.05, 3.63) is 38.9 Å². The van der Waals surface area contributed by atoms with E-state index in [9.17, 15) is 23.7 Å². The zero-order valence-electron chi connectivity index (χ0n) is 7.45. The molecular weight excluding hydrogens is 212 g/mol. The zero-order valence-corrected chi connectivity index (χ0v) is 7.45. The molecule has 15 heavy (non-hydrogen) atoms. The van der Waals surface area contributed by atoms with Gasteiger partial charge in [0.05, 0.1) is 4.92 Å². The highest BCUT2D eigenvalue weighted by atomic mass is 19.2. The fourth-order valence-electron chi connectivity index (χ4n) is 1.08. The van der Waals surface area contributed by atoms with Crippen molar-refractivity contribution in [1.82, 2.24) is 0 Å². The van der Waals surface area contributed by atoms with Crippen molar-refractivity contribution >= 4 is 11.7 Å². The van der Waals surface area contributed by atoms with Gasteiger partial charge in [-0.1, -0.05) is 0 Å². The first-order chi connectivity index (χ1) is 6.86. The highest BCUT2D eigenvalue weighted by Gasteiger charge is 2.28. The normalized spacial score (nSPS) is 10.1. The van der Waals surface area contributed by atoms with E-state index in [1.54, 1.807) is 0 Å². The van der Waals surface area contributed by atoms with E-state index in [2.05, 4.69) is 0 Å². The van der Waals surface area contributed by atoms with E-state index in [0.29, 0.717) is 6.07 Å². The summed E-state index contributed by atoms with van der Waals surface area (Å²) < 4.78 is 26.0. The Bertz CT molecular complexity index is 458. The number of aryl methyl sites for hydroxylation is 1. The summed E-state index contributed by atoms with van der Waals surface area (Å²) in [7, 11) is 0. The first-order valence-corrected chi connectivity index (χ1v) is 3.72. The Balaban J connectivity index is 3.65. The predicted octanol–water partition coefficient (Wildman–Crippen LogP) is 1.88. The van der Waals surface area contributed by atoms with Crippen LogP contribution >= 0.6 is 0 Å². The third-order valence-corrected chi connectivity index (χ3v) is 1.78. The van der Waals surface area contributed by atoms with Gasteiger partial charge in [-0.15, -0.1) is 0 Å². The Morgan fingerprint density at radius 3 is 2.40 bits per heavy atom. The fourth-order valence-corrected chi connectivity index (χ4v) is 1.08. The molecule has 0 atom stereocenters. The number of nitrogens with zero attached hydrogens (tertiary/aromatic N) is 1. The molecule has 0 fully saturated rings. The van der Waals surface area contributed by atoms with E-state index >= 15 is 0 Å². The van der Waals surface area contributed by atoms with Crippen LogP contribution in [0.15, 0.2) is 6.07 Å². The molecule has 1 N–H and O–H groups in total. The summed E-state index contributed by atoms with van der Waals surface area (Å²) in [6, 6.07) is 0.682. The molecule has 0 aliphatic heterocycles. The second-order valence-electron chi connectivity index (χ2n) is 2.78.